The van der Waals surface area contributed by atoms with Gasteiger partial charge >= 0.3 is 6.09 Å². The third-order valence-electron chi connectivity index (χ3n) is 3.55. The molecule has 0 spiro atoms. The van der Waals surface area contributed by atoms with E-state index in [-0.39, 0.29) is 11.5 Å². The highest BCUT2D eigenvalue weighted by molar-refractivity contribution is 5.67. The molecule has 3 nitrogen and oxygen atoms in total. The zero-order valence-corrected chi connectivity index (χ0v) is 10.4. The number of nitrogens with one attached hydrogen (secondary N) is 1. The first-order valence-electron chi connectivity index (χ1n) is 5.06. The van der Waals surface area contributed by atoms with Crippen LogP contribution in [-0.4, -0.2) is 18.7 Å². The van der Waals surface area contributed by atoms with Crippen molar-refractivity contribution in [1.82, 2.24) is 5.32 Å². The monoisotopic (exact) mass is 201 g/mol. The second-order valence-corrected chi connectivity index (χ2v) is 5.03. The van der Waals surface area contributed by atoms with Crippen molar-refractivity contribution in [2.24, 2.45) is 11.3 Å². The molecular formula is C11H23NO2. The summed E-state index contributed by atoms with van der Waals surface area (Å²) in [6, 6.07) is 0. The van der Waals surface area contributed by atoms with Gasteiger partial charge in [0.15, 0.2) is 0 Å². The van der Waals surface area contributed by atoms with E-state index in [1.165, 1.54) is 0 Å². The summed E-state index contributed by atoms with van der Waals surface area (Å²) in [7, 11) is 1.57. The average molecular weight is 201 g/mol. The number of hydrogen-bond acceptors (Lipinski definition) is 2. The van der Waals surface area contributed by atoms with Gasteiger partial charge in [0, 0.05) is 12.5 Å². The average Bonchev–Trinajstić information content (AvgIpc) is 2.02. The van der Waals surface area contributed by atoms with Gasteiger partial charge in [-0.3, -0.25) is 0 Å². The standard InChI is InChI=1S/C11H23NO2/c1-8(2)10(3,4)11(5,6)14-9(13)12-7/h8H,1-7H3,(H,12,13). The molecule has 84 valence electrons. The normalized spacial score (nSPS) is 12.9. The molecule has 0 aromatic heterocycles. The number of amides is 1. The Hall–Kier alpha value is -0.730. The van der Waals surface area contributed by atoms with Crippen molar-refractivity contribution in [3.63, 3.8) is 0 Å². The largest absolute Gasteiger partial charge is 0.443 e. The molecule has 0 unspecified atom stereocenters. The predicted molar refractivity (Wildman–Crippen MR) is 58.2 cm³/mol. The van der Waals surface area contributed by atoms with Crippen molar-refractivity contribution in [3.05, 3.63) is 0 Å². The van der Waals surface area contributed by atoms with E-state index >= 15 is 0 Å². The molecule has 0 aromatic carbocycles. The molecule has 3 heteroatoms. The molecule has 0 rings (SSSR count). The Morgan fingerprint density at radius 3 is 1.93 bits per heavy atom. The van der Waals surface area contributed by atoms with Gasteiger partial charge in [0.05, 0.1) is 0 Å². The maximum atomic E-state index is 11.2. The summed E-state index contributed by atoms with van der Waals surface area (Å²) in [6.45, 7) is 12.4. The second kappa shape index (κ2) is 4.20. The summed E-state index contributed by atoms with van der Waals surface area (Å²) in [4.78, 5) is 11.2. The van der Waals surface area contributed by atoms with Crippen molar-refractivity contribution in [2.75, 3.05) is 7.05 Å². The smallest absolute Gasteiger partial charge is 0.407 e. The molecule has 0 bridgehead atoms. The lowest BCUT2D eigenvalue weighted by molar-refractivity contribution is -0.0693. The van der Waals surface area contributed by atoms with Gasteiger partial charge in [0.1, 0.15) is 5.60 Å². The first kappa shape index (κ1) is 13.3. The van der Waals surface area contributed by atoms with Crippen LogP contribution in [0.5, 0.6) is 0 Å². The Bertz CT molecular complexity index is 207. The predicted octanol–water partition coefficient (Wildman–Crippen LogP) is 2.80. The van der Waals surface area contributed by atoms with Crippen molar-refractivity contribution in [1.29, 1.82) is 0 Å². The third-order valence-corrected chi connectivity index (χ3v) is 3.55. The minimum absolute atomic E-state index is 0.0560. The van der Waals surface area contributed by atoms with Gasteiger partial charge in [-0.1, -0.05) is 27.7 Å². The molecule has 0 aliphatic rings. The van der Waals surface area contributed by atoms with Crippen LogP contribution in [0.3, 0.4) is 0 Å². The van der Waals surface area contributed by atoms with Crippen LogP contribution in [0.2, 0.25) is 0 Å². The van der Waals surface area contributed by atoms with E-state index < -0.39 is 5.60 Å². The Kier molecular flexibility index (Phi) is 3.98. The SMILES string of the molecule is CNC(=O)OC(C)(C)C(C)(C)C(C)C. The van der Waals surface area contributed by atoms with E-state index in [1.54, 1.807) is 7.05 Å². The molecule has 1 N–H and O–H groups in total. The fraction of sp³-hybridized carbons (Fsp3) is 0.909. The number of alkyl carbamates (subject to hydrolysis) is 1. The summed E-state index contributed by atoms with van der Waals surface area (Å²) in [5, 5.41) is 2.47. The van der Waals surface area contributed by atoms with E-state index in [2.05, 4.69) is 33.0 Å². The van der Waals surface area contributed by atoms with Gasteiger partial charge in [-0.05, 0) is 19.8 Å². The molecule has 0 heterocycles. The Morgan fingerprint density at radius 1 is 1.21 bits per heavy atom. The highest BCUT2D eigenvalue weighted by Gasteiger charge is 2.42. The lowest BCUT2D eigenvalue weighted by Gasteiger charge is -2.43. The number of carbonyl (C=O) groups is 1. The lowest BCUT2D eigenvalue weighted by atomic mass is 9.69. The fourth-order valence-electron chi connectivity index (χ4n) is 1.11. The Balaban J connectivity index is 4.68. The van der Waals surface area contributed by atoms with Crippen LogP contribution >= 0.6 is 0 Å². The highest BCUT2D eigenvalue weighted by Crippen LogP contribution is 2.40. The maximum Gasteiger partial charge on any atom is 0.407 e. The highest BCUT2D eigenvalue weighted by atomic mass is 16.6. The van der Waals surface area contributed by atoms with Crippen molar-refractivity contribution in [2.45, 2.75) is 47.1 Å². The van der Waals surface area contributed by atoms with Crippen molar-refractivity contribution >= 4 is 6.09 Å². The summed E-state index contributed by atoms with van der Waals surface area (Å²) in [6.07, 6.45) is -0.372. The molecule has 0 aliphatic carbocycles. The molecule has 0 radical (unpaired) electrons. The molecule has 0 fully saturated rings. The fourth-order valence-corrected chi connectivity index (χ4v) is 1.11. The lowest BCUT2D eigenvalue weighted by Crippen LogP contribution is -2.47. The zero-order chi connectivity index (χ0) is 11.6. The molecule has 0 aromatic rings. The Morgan fingerprint density at radius 2 is 1.64 bits per heavy atom. The van der Waals surface area contributed by atoms with Crippen molar-refractivity contribution in [3.8, 4) is 0 Å². The first-order chi connectivity index (χ1) is 6.15. The summed E-state index contributed by atoms with van der Waals surface area (Å²) in [5.41, 5.74) is -0.527. The molecule has 14 heavy (non-hydrogen) atoms. The van der Waals surface area contributed by atoms with Gasteiger partial charge in [-0.25, -0.2) is 4.79 Å². The van der Waals surface area contributed by atoms with Crippen LogP contribution in [0, 0.1) is 11.3 Å². The van der Waals surface area contributed by atoms with Gasteiger partial charge in [-0.15, -0.1) is 0 Å². The van der Waals surface area contributed by atoms with E-state index in [4.69, 9.17) is 4.74 Å². The number of rotatable bonds is 3. The Labute approximate surface area is 87.2 Å². The molecule has 0 aliphatic heterocycles. The maximum absolute atomic E-state index is 11.2. The third kappa shape index (κ3) is 2.63. The van der Waals surface area contributed by atoms with Gasteiger partial charge in [0.25, 0.3) is 0 Å². The molecule has 0 saturated carbocycles. The summed E-state index contributed by atoms with van der Waals surface area (Å²) < 4.78 is 5.36. The minimum atomic E-state index is -0.471. The van der Waals surface area contributed by atoms with Crippen LogP contribution in [0.25, 0.3) is 0 Å². The summed E-state index contributed by atoms with van der Waals surface area (Å²) in [5.74, 6) is 0.446. The summed E-state index contributed by atoms with van der Waals surface area (Å²) >= 11 is 0. The van der Waals surface area contributed by atoms with E-state index in [0.29, 0.717) is 5.92 Å². The number of hydrogen-bond donors (Lipinski definition) is 1. The van der Waals surface area contributed by atoms with Crippen LogP contribution in [-0.2, 0) is 4.74 Å². The molecule has 0 atom stereocenters. The number of ether oxygens (including phenoxy) is 1. The van der Waals surface area contributed by atoms with Crippen LogP contribution in [0.15, 0.2) is 0 Å². The van der Waals surface area contributed by atoms with Gasteiger partial charge < -0.3 is 10.1 Å². The quantitative estimate of drug-likeness (QED) is 0.762. The molecular weight excluding hydrogens is 178 g/mol. The van der Waals surface area contributed by atoms with Crippen LogP contribution in [0.1, 0.15) is 41.5 Å². The van der Waals surface area contributed by atoms with E-state index in [9.17, 15) is 4.79 Å². The topological polar surface area (TPSA) is 38.3 Å². The molecule has 0 saturated heterocycles. The van der Waals surface area contributed by atoms with Crippen molar-refractivity contribution < 1.29 is 9.53 Å². The first-order valence-corrected chi connectivity index (χ1v) is 5.06. The second-order valence-electron chi connectivity index (χ2n) is 5.03. The minimum Gasteiger partial charge on any atom is -0.443 e. The number of carbonyl (C=O) groups excluding carboxylic acids is 1. The zero-order valence-electron chi connectivity index (χ0n) is 10.4. The van der Waals surface area contributed by atoms with Gasteiger partial charge in [0.2, 0.25) is 0 Å². The van der Waals surface area contributed by atoms with E-state index in [0.717, 1.165) is 0 Å². The van der Waals surface area contributed by atoms with Crippen LogP contribution in [0.4, 0.5) is 4.79 Å². The van der Waals surface area contributed by atoms with Crippen LogP contribution < -0.4 is 5.32 Å². The van der Waals surface area contributed by atoms with Gasteiger partial charge in [-0.2, -0.15) is 0 Å². The van der Waals surface area contributed by atoms with E-state index in [1.807, 2.05) is 13.8 Å². The molecule has 1 amide bonds.